The summed E-state index contributed by atoms with van der Waals surface area (Å²) in [4.78, 5) is 24.5. The van der Waals surface area contributed by atoms with Crippen LogP contribution in [0.2, 0.25) is 0 Å². The monoisotopic (exact) mass is 365 g/mol. The number of esters is 1. The van der Waals surface area contributed by atoms with Crippen LogP contribution < -0.4 is 0 Å². The van der Waals surface area contributed by atoms with Gasteiger partial charge in [-0.3, -0.25) is 9.10 Å². The minimum atomic E-state index is -3.96. The molecule has 136 valence electrons. The SMILES string of the molecule is Cc1ccc(S(=O)(=O)N2CCCC(=O)C=C2C(=O)OC(C)(C)C)cc1. The van der Waals surface area contributed by atoms with Crippen molar-refractivity contribution in [3.63, 3.8) is 0 Å². The molecule has 2 rings (SSSR count). The number of aryl methyl sites for hydroxylation is 1. The van der Waals surface area contributed by atoms with Gasteiger partial charge in [0.1, 0.15) is 11.3 Å². The maximum absolute atomic E-state index is 13.0. The molecule has 1 aromatic rings. The molecule has 0 amide bonds. The zero-order chi connectivity index (χ0) is 18.8. The minimum absolute atomic E-state index is 0.0486. The number of sulfonamides is 1. The van der Waals surface area contributed by atoms with Gasteiger partial charge in [0.15, 0.2) is 5.78 Å². The largest absolute Gasteiger partial charge is 0.455 e. The van der Waals surface area contributed by atoms with E-state index in [1.165, 1.54) is 12.1 Å². The molecule has 1 aliphatic rings. The Morgan fingerprint density at radius 3 is 2.32 bits per heavy atom. The zero-order valence-electron chi connectivity index (χ0n) is 14.9. The van der Waals surface area contributed by atoms with Gasteiger partial charge in [0.05, 0.1) is 4.90 Å². The van der Waals surface area contributed by atoms with Crippen molar-refractivity contribution in [2.24, 2.45) is 0 Å². The van der Waals surface area contributed by atoms with Crippen LogP contribution in [0.3, 0.4) is 0 Å². The van der Waals surface area contributed by atoms with Gasteiger partial charge in [0.2, 0.25) is 0 Å². The average Bonchev–Trinajstić information content (AvgIpc) is 2.68. The average molecular weight is 365 g/mol. The summed E-state index contributed by atoms with van der Waals surface area (Å²) in [5, 5.41) is 0. The van der Waals surface area contributed by atoms with E-state index in [0.717, 1.165) is 15.9 Å². The van der Waals surface area contributed by atoms with Crippen molar-refractivity contribution in [2.75, 3.05) is 6.54 Å². The molecule has 7 heteroatoms. The van der Waals surface area contributed by atoms with Gasteiger partial charge in [-0.1, -0.05) is 17.7 Å². The lowest BCUT2D eigenvalue weighted by atomic mass is 10.2. The first-order valence-corrected chi connectivity index (χ1v) is 9.52. The summed E-state index contributed by atoms with van der Waals surface area (Å²) in [5.74, 6) is -1.11. The lowest BCUT2D eigenvalue weighted by Gasteiger charge is -2.27. The van der Waals surface area contributed by atoms with Crippen molar-refractivity contribution in [1.29, 1.82) is 0 Å². The third kappa shape index (κ3) is 4.69. The van der Waals surface area contributed by atoms with Crippen LogP contribution in [0.5, 0.6) is 0 Å². The number of ether oxygens (including phenoxy) is 1. The maximum atomic E-state index is 13.0. The summed E-state index contributed by atoms with van der Waals surface area (Å²) >= 11 is 0. The van der Waals surface area contributed by atoms with E-state index in [4.69, 9.17) is 4.74 Å². The highest BCUT2D eigenvalue weighted by Crippen LogP contribution is 2.25. The second-order valence-electron chi connectivity index (χ2n) is 6.99. The summed E-state index contributed by atoms with van der Waals surface area (Å²) in [7, 11) is -3.96. The summed E-state index contributed by atoms with van der Waals surface area (Å²) in [5.41, 5.74) is -0.113. The predicted molar refractivity (Wildman–Crippen MR) is 93.2 cm³/mol. The summed E-state index contributed by atoms with van der Waals surface area (Å²) in [6.45, 7) is 6.95. The molecule has 0 aromatic heterocycles. The van der Waals surface area contributed by atoms with Crippen LogP contribution >= 0.6 is 0 Å². The Labute approximate surface area is 148 Å². The lowest BCUT2D eigenvalue weighted by Crippen LogP contribution is -2.37. The van der Waals surface area contributed by atoms with Gasteiger partial charge in [-0.15, -0.1) is 0 Å². The van der Waals surface area contributed by atoms with Gasteiger partial charge in [0.25, 0.3) is 10.0 Å². The Morgan fingerprint density at radius 2 is 1.76 bits per heavy atom. The van der Waals surface area contributed by atoms with Crippen molar-refractivity contribution in [3.8, 4) is 0 Å². The van der Waals surface area contributed by atoms with Crippen LogP contribution in [0.4, 0.5) is 0 Å². The van der Waals surface area contributed by atoms with E-state index in [1.54, 1.807) is 32.9 Å². The van der Waals surface area contributed by atoms with Crippen molar-refractivity contribution < 1.29 is 22.7 Å². The van der Waals surface area contributed by atoms with Crippen LogP contribution in [-0.2, 0) is 24.3 Å². The molecule has 1 aromatic carbocycles. The van der Waals surface area contributed by atoms with Gasteiger partial charge < -0.3 is 4.74 Å². The van der Waals surface area contributed by atoms with Gasteiger partial charge in [-0.2, -0.15) is 0 Å². The number of rotatable bonds is 3. The second-order valence-corrected chi connectivity index (χ2v) is 8.85. The van der Waals surface area contributed by atoms with E-state index in [-0.39, 0.29) is 29.3 Å². The van der Waals surface area contributed by atoms with Crippen molar-refractivity contribution >= 4 is 21.8 Å². The second kappa shape index (κ2) is 7.00. The van der Waals surface area contributed by atoms with E-state index < -0.39 is 21.6 Å². The molecule has 0 N–H and O–H groups in total. The molecule has 0 atom stereocenters. The molecule has 0 radical (unpaired) electrons. The fraction of sp³-hybridized carbons (Fsp3) is 0.444. The highest BCUT2D eigenvalue weighted by molar-refractivity contribution is 7.89. The summed E-state index contributed by atoms with van der Waals surface area (Å²) < 4.78 is 32.3. The number of benzene rings is 1. The van der Waals surface area contributed by atoms with Crippen LogP contribution in [0.1, 0.15) is 39.2 Å². The summed E-state index contributed by atoms with van der Waals surface area (Å²) in [6, 6.07) is 6.35. The molecule has 1 aliphatic heterocycles. The number of hydrogen-bond donors (Lipinski definition) is 0. The van der Waals surface area contributed by atoms with Gasteiger partial charge >= 0.3 is 5.97 Å². The molecule has 0 bridgehead atoms. The molecule has 25 heavy (non-hydrogen) atoms. The fourth-order valence-corrected chi connectivity index (χ4v) is 3.88. The van der Waals surface area contributed by atoms with Crippen LogP contribution in [-0.4, -0.2) is 36.6 Å². The third-order valence-corrected chi connectivity index (χ3v) is 5.40. The highest BCUT2D eigenvalue weighted by atomic mass is 32.2. The first-order chi connectivity index (χ1) is 11.5. The van der Waals surface area contributed by atoms with Gasteiger partial charge in [-0.05, 0) is 46.2 Å². The third-order valence-electron chi connectivity index (χ3n) is 3.57. The van der Waals surface area contributed by atoms with Crippen molar-refractivity contribution in [2.45, 2.75) is 51.0 Å². The number of carbonyl (C=O) groups is 2. The Balaban J connectivity index is 2.47. The first kappa shape index (κ1) is 19.2. The number of ketones is 1. The smallest absolute Gasteiger partial charge is 0.356 e. The van der Waals surface area contributed by atoms with E-state index in [0.29, 0.717) is 6.42 Å². The van der Waals surface area contributed by atoms with Crippen molar-refractivity contribution in [1.82, 2.24) is 4.31 Å². The highest BCUT2D eigenvalue weighted by Gasteiger charge is 2.34. The molecule has 6 nitrogen and oxygen atoms in total. The lowest BCUT2D eigenvalue weighted by molar-refractivity contribution is -0.151. The number of hydrogen-bond acceptors (Lipinski definition) is 5. The first-order valence-electron chi connectivity index (χ1n) is 8.08. The van der Waals surface area contributed by atoms with Gasteiger partial charge in [0, 0.05) is 19.0 Å². The Bertz CT molecular complexity index is 801. The molecule has 1 heterocycles. The fourth-order valence-electron chi connectivity index (χ4n) is 2.39. The van der Waals surface area contributed by atoms with Crippen LogP contribution in [0.25, 0.3) is 0 Å². The predicted octanol–water partition coefficient (Wildman–Crippen LogP) is 2.57. The quantitative estimate of drug-likeness (QED) is 0.769. The maximum Gasteiger partial charge on any atom is 0.356 e. The number of allylic oxidation sites excluding steroid dienone is 1. The van der Waals surface area contributed by atoms with Crippen LogP contribution in [0, 0.1) is 6.92 Å². The van der Waals surface area contributed by atoms with Gasteiger partial charge in [-0.25, -0.2) is 13.2 Å². The molecular weight excluding hydrogens is 342 g/mol. The Morgan fingerprint density at radius 1 is 1.16 bits per heavy atom. The molecule has 0 aliphatic carbocycles. The topological polar surface area (TPSA) is 80.8 Å². The molecule has 0 fully saturated rings. The number of nitrogens with zero attached hydrogens (tertiary/aromatic N) is 1. The summed E-state index contributed by atoms with van der Waals surface area (Å²) in [6.07, 6.45) is 1.60. The minimum Gasteiger partial charge on any atom is -0.455 e. The number of carbonyl (C=O) groups excluding carboxylic acids is 2. The Hall–Kier alpha value is -2.15. The standard InChI is InChI=1S/C18H23NO5S/c1-13-7-9-15(10-8-13)25(22,23)19-11-5-6-14(20)12-16(19)17(21)24-18(2,3)4/h7-10,12H,5-6,11H2,1-4H3. The van der Waals surface area contributed by atoms with E-state index in [2.05, 4.69) is 0 Å². The Kier molecular flexibility index (Phi) is 5.37. The molecular formula is C18H23NO5S. The van der Waals surface area contributed by atoms with E-state index in [1.807, 2.05) is 6.92 Å². The normalized spacial score (nSPS) is 16.2. The van der Waals surface area contributed by atoms with E-state index in [9.17, 15) is 18.0 Å². The zero-order valence-corrected chi connectivity index (χ0v) is 15.7. The van der Waals surface area contributed by atoms with Crippen molar-refractivity contribution in [3.05, 3.63) is 41.6 Å². The van der Waals surface area contributed by atoms with E-state index >= 15 is 0 Å². The molecule has 0 saturated heterocycles. The van der Waals surface area contributed by atoms with Crippen LogP contribution in [0.15, 0.2) is 40.9 Å². The molecule has 0 unspecified atom stereocenters. The molecule has 0 spiro atoms. The molecule has 0 saturated carbocycles.